The molecule has 4 heteroatoms. The van der Waals surface area contributed by atoms with Crippen molar-refractivity contribution in [3.63, 3.8) is 0 Å². The normalized spacial score (nSPS) is 9.00. The summed E-state index contributed by atoms with van der Waals surface area (Å²) in [5.74, 6) is 0. The fourth-order valence-electron chi connectivity index (χ4n) is 1.68. The largest absolute Gasteiger partial charge is 1.00 e. The smallest absolute Gasteiger partial charge is 0.0755 e. The van der Waals surface area contributed by atoms with Crippen molar-refractivity contribution in [1.82, 2.24) is 0 Å². The van der Waals surface area contributed by atoms with Crippen molar-refractivity contribution >= 4 is 0 Å². The molecule has 20 heavy (non-hydrogen) atoms. The fourth-order valence-corrected chi connectivity index (χ4v) is 1.68. The van der Waals surface area contributed by atoms with Crippen LogP contribution in [-0.2, 0) is 0 Å². The Morgan fingerprint density at radius 3 is 0.800 bits per heavy atom. The molecule has 0 heterocycles. The SMILES string of the molecule is CCCC[NH2+]CCCC.CCCC[NH2+]CCCC.[Cl-].[Cl-]. The van der Waals surface area contributed by atoms with Crippen LogP contribution in [0.5, 0.6) is 0 Å². The highest BCUT2D eigenvalue weighted by Crippen LogP contribution is 1.80. The van der Waals surface area contributed by atoms with Crippen molar-refractivity contribution in [3.05, 3.63) is 0 Å². The first kappa shape index (κ1) is 28.6. The first-order valence-electron chi connectivity index (χ1n) is 8.46. The summed E-state index contributed by atoms with van der Waals surface area (Å²) in [5.41, 5.74) is 0. The maximum absolute atomic E-state index is 2.42. The highest BCUT2D eigenvalue weighted by molar-refractivity contribution is 4.29. The molecule has 0 aliphatic heterocycles. The van der Waals surface area contributed by atoms with E-state index in [0.29, 0.717) is 0 Å². The van der Waals surface area contributed by atoms with Gasteiger partial charge in [0.05, 0.1) is 26.2 Å². The minimum Gasteiger partial charge on any atom is -1.00 e. The molecule has 0 fully saturated rings. The van der Waals surface area contributed by atoms with E-state index in [1.54, 1.807) is 0 Å². The molecule has 0 amide bonds. The second-order valence-electron chi connectivity index (χ2n) is 5.15. The second kappa shape index (κ2) is 31.7. The summed E-state index contributed by atoms with van der Waals surface area (Å²) >= 11 is 0. The number of hydrogen-bond acceptors (Lipinski definition) is 0. The quantitative estimate of drug-likeness (QED) is 0.345. The third-order valence-electron chi connectivity index (χ3n) is 3.05. The van der Waals surface area contributed by atoms with E-state index in [4.69, 9.17) is 0 Å². The molecule has 0 aromatic carbocycles. The van der Waals surface area contributed by atoms with Crippen LogP contribution in [0.25, 0.3) is 0 Å². The molecule has 0 radical (unpaired) electrons. The molecule has 0 bridgehead atoms. The Kier molecular flexibility index (Phi) is 45.4. The Hall–Kier alpha value is 0.500. The summed E-state index contributed by atoms with van der Waals surface area (Å²) in [7, 11) is 0. The fraction of sp³-hybridized carbons (Fsp3) is 1.00. The Morgan fingerprint density at radius 1 is 0.450 bits per heavy atom. The molecule has 0 unspecified atom stereocenters. The van der Waals surface area contributed by atoms with Gasteiger partial charge in [-0.25, -0.2) is 0 Å². The summed E-state index contributed by atoms with van der Waals surface area (Å²) in [5, 5.41) is 4.85. The third-order valence-corrected chi connectivity index (χ3v) is 3.05. The molecule has 0 atom stereocenters. The van der Waals surface area contributed by atoms with Gasteiger partial charge in [0, 0.05) is 0 Å². The van der Waals surface area contributed by atoms with Crippen molar-refractivity contribution in [2.45, 2.75) is 79.1 Å². The van der Waals surface area contributed by atoms with Gasteiger partial charge in [-0.1, -0.05) is 53.4 Å². The number of nitrogens with two attached hydrogens (primary N) is 2. The van der Waals surface area contributed by atoms with Gasteiger partial charge in [0.25, 0.3) is 0 Å². The van der Waals surface area contributed by atoms with Crippen molar-refractivity contribution < 1.29 is 35.4 Å². The molecule has 2 nitrogen and oxygen atoms in total. The van der Waals surface area contributed by atoms with Crippen molar-refractivity contribution in [1.29, 1.82) is 0 Å². The molecule has 0 spiro atoms. The van der Waals surface area contributed by atoms with E-state index in [2.05, 4.69) is 38.3 Å². The zero-order chi connectivity index (χ0) is 13.9. The highest BCUT2D eigenvalue weighted by Gasteiger charge is 1.87. The van der Waals surface area contributed by atoms with Gasteiger partial charge < -0.3 is 35.4 Å². The lowest BCUT2D eigenvalue weighted by Crippen LogP contribution is -3.00. The zero-order valence-corrected chi connectivity index (χ0v) is 15.9. The first-order chi connectivity index (χ1) is 8.83. The Morgan fingerprint density at radius 2 is 0.650 bits per heavy atom. The zero-order valence-electron chi connectivity index (χ0n) is 14.4. The number of rotatable bonds is 12. The summed E-state index contributed by atoms with van der Waals surface area (Å²) in [6, 6.07) is 0. The Balaban J connectivity index is -0.000000116. The standard InChI is InChI=1S/2C8H19N.2ClH/c2*1-3-5-7-9-8-6-4-2;;/h2*9H,3-8H2,1-2H3;2*1H. The van der Waals surface area contributed by atoms with Crippen LogP contribution in [0.4, 0.5) is 0 Å². The van der Waals surface area contributed by atoms with Gasteiger partial charge in [-0.3, -0.25) is 0 Å². The van der Waals surface area contributed by atoms with Gasteiger partial charge in [0.15, 0.2) is 0 Å². The Bertz CT molecular complexity index is 99.0. The molecule has 0 aliphatic carbocycles. The van der Waals surface area contributed by atoms with Crippen LogP contribution in [0.2, 0.25) is 0 Å². The number of unbranched alkanes of at least 4 members (excludes halogenated alkanes) is 4. The highest BCUT2D eigenvalue weighted by atomic mass is 35.5. The second-order valence-corrected chi connectivity index (χ2v) is 5.15. The predicted octanol–water partition coefficient (Wildman–Crippen LogP) is -3.69. The van der Waals surface area contributed by atoms with Crippen molar-refractivity contribution in [2.75, 3.05) is 26.2 Å². The molecule has 0 saturated carbocycles. The van der Waals surface area contributed by atoms with E-state index in [0.717, 1.165) is 0 Å². The minimum atomic E-state index is 0. The van der Waals surface area contributed by atoms with Crippen LogP contribution in [0, 0.1) is 0 Å². The Labute approximate surface area is 141 Å². The third kappa shape index (κ3) is 36.3. The van der Waals surface area contributed by atoms with E-state index >= 15 is 0 Å². The maximum atomic E-state index is 2.42. The number of halogens is 2. The lowest BCUT2D eigenvalue weighted by atomic mass is 10.3. The summed E-state index contributed by atoms with van der Waals surface area (Å²) < 4.78 is 0. The van der Waals surface area contributed by atoms with Crippen LogP contribution in [0.1, 0.15) is 79.1 Å². The van der Waals surface area contributed by atoms with E-state index < -0.39 is 0 Å². The lowest BCUT2D eigenvalue weighted by Gasteiger charge is -1.96. The van der Waals surface area contributed by atoms with Gasteiger partial charge in [-0.05, 0) is 25.7 Å². The molecule has 0 aliphatic rings. The molecule has 0 aromatic rings. The van der Waals surface area contributed by atoms with Gasteiger partial charge in [0.2, 0.25) is 0 Å². The molecule has 4 N–H and O–H groups in total. The number of quaternary nitrogens is 2. The first-order valence-corrected chi connectivity index (χ1v) is 8.46. The average molecular weight is 331 g/mol. The van der Waals surface area contributed by atoms with Gasteiger partial charge in [-0.2, -0.15) is 0 Å². The van der Waals surface area contributed by atoms with Crippen molar-refractivity contribution in [3.8, 4) is 0 Å². The predicted molar refractivity (Wildman–Crippen MR) is 83.0 cm³/mol. The molecular formula is C16H40Cl2N2. The monoisotopic (exact) mass is 330 g/mol. The molecular weight excluding hydrogens is 291 g/mol. The van der Waals surface area contributed by atoms with Crippen LogP contribution < -0.4 is 35.4 Å². The minimum absolute atomic E-state index is 0. The maximum Gasteiger partial charge on any atom is 0.0755 e. The lowest BCUT2D eigenvalue weighted by molar-refractivity contribution is -0.655. The van der Waals surface area contributed by atoms with E-state index in [-0.39, 0.29) is 24.8 Å². The summed E-state index contributed by atoms with van der Waals surface area (Å²) in [6.45, 7) is 14.3. The van der Waals surface area contributed by atoms with Gasteiger partial charge in [0.1, 0.15) is 0 Å². The van der Waals surface area contributed by atoms with Crippen LogP contribution in [0.3, 0.4) is 0 Å². The van der Waals surface area contributed by atoms with Crippen LogP contribution >= 0.6 is 0 Å². The van der Waals surface area contributed by atoms with E-state index in [1.807, 2.05) is 0 Å². The van der Waals surface area contributed by atoms with E-state index in [9.17, 15) is 0 Å². The van der Waals surface area contributed by atoms with E-state index in [1.165, 1.54) is 77.5 Å². The van der Waals surface area contributed by atoms with Crippen molar-refractivity contribution in [2.24, 2.45) is 0 Å². The average Bonchev–Trinajstić information content (AvgIpc) is 2.39. The van der Waals surface area contributed by atoms with Gasteiger partial charge in [-0.15, -0.1) is 0 Å². The number of hydrogen-bond donors (Lipinski definition) is 2. The molecule has 0 rings (SSSR count). The topological polar surface area (TPSA) is 33.2 Å². The summed E-state index contributed by atoms with van der Waals surface area (Å²) in [6.07, 6.45) is 10.9. The van der Waals surface area contributed by atoms with Crippen LogP contribution in [0.15, 0.2) is 0 Å². The molecule has 0 saturated heterocycles. The van der Waals surface area contributed by atoms with Crippen LogP contribution in [-0.4, -0.2) is 26.2 Å². The molecule has 128 valence electrons. The molecule has 0 aromatic heterocycles. The summed E-state index contributed by atoms with van der Waals surface area (Å²) in [4.78, 5) is 0. The van der Waals surface area contributed by atoms with Gasteiger partial charge >= 0.3 is 0 Å².